The number of aliphatic hydroxyl groups excluding tert-OH is 1. The van der Waals surface area contributed by atoms with Gasteiger partial charge in [-0.1, -0.05) is 130 Å². The van der Waals surface area contributed by atoms with Gasteiger partial charge in [-0.05, 0) is 77.0 Å². The van der Waals surface area contributed by atoms with Gasteiger partial charge in [0, 0.05) is 12.8 Å². The van der Waals surface area contributed by atoms with Crippen LogP contribution in [0.15, 0.2) is 0 Å². The summed E-state index contributed by atoms with van der Waals surface area (Å²) in [5.74, 6) is -0.0845. The number of ether oxygens (including phenoxy) is 2. The molecule has 0 aromatic rings. The van der Waals surface area contributed by atoms with Gasteiger partial charge in [-0.15, -0.1) is 0 Å². The van der Waals surface area contributed by atoms with Crippen molar-refractivity contribution in [2.45, 2.75) is 239 Å². The molecule has 44 heavy (non-hydrogen) atoms. The lowest BCUT2D eigenvalue weighted by Crippen LogP contribution is -2.18. The molecule has 262 valence electrons. The van der Waals surface area contributed by atoms with E-state index in [9.17, 15) is 14.7 Å². The Labute approximate surface area is 274 Å². The van der Waals surface area contributed by atoms with E-state index in [1.54, 1.807) is 0 Å². The number of unbranched alkanes of at least 4 members (excludes halogenated alkanes) is 16. The van der Waals surface area contributed by atoms with Crippen molar-refractivity contribution in [3.8, 4) is 0 Å². The standard InChI is InChI=1S/C39H76O5/c1-5-9-13-21-29-36(30-22-14-10-6-2)43-38(41)33-25-17-19-27-35(40)28-20-18-26-34-39(42)44-37(31-23-15-11-7-3)32-24-16-12-8-4/h35-37,40H,5-34H2,1-4H3. The SMILES string of the molecule is CCCCCCC(CCCCCC)OC(=O)CCCCCC(O)CCCCCC(=O)OC(CCCCCC)CCCCCC. The van der Waals surface area contributed by atoms with E-state index in [1.165, 1.54) is 77.0 Å². The van der Waals surface area contributed by atoms with Crippen LogP contribution in [0.3, 0.4) is 0 Å². The third-order valence-corrected chi connectivity index (χ3v) is 8.95. The molecule has 0 aliphatic heterocycles. The van der Waals surface area contributed by atoms with Gasteiger partial charge in [0.05, 0.1) is 6.10 Å². The molecule has 0 heterocycles. The molecule has 0 unspecified atom stereocenters. The fourth-order valence-corrected chi connectivity index (χ4v) is 6.01. The molecular weight excluding hydrogens is 548 g/mol. The third kappa shape index (κ3) is 29.6. The maximum absolute atomic E-state index is 12.5. The number of hydrogen-bond donors (Lipinski definition) is 1. The number of esters is 2. The third-order valence-electron chi connectivity index (χ3n) is 8.95. The van der Waals surface area contributed by atoms with Crippen molar-refractivity contribution >= 4 is 11.9 Å². The molecule has 0 aromatic heterocycles. The summed E-state index contributed by atoms with van der Waals surface area (Å²) in [6.07, 6.45) is 31.4. The Balaban J connectivity index is 4.03. The van der Waals surface area contributed by atoms with Crippen LogP contribution in [-0.2, 0) is 19.1 Å². The van der Waals surface area contributed by atoms with Gasteiger partial charge in [-0.25, -0.2) is 0 Å². The summed E-state index contributed by atoms with van der Waals surface area (Å²) in [6, 6.07) is 0. The molecule has 0 aliphatic rings. The fraction of sp³-hybridized carbons (Fsp3) is 0.949. The van der Waals surface area contributed by atoms with Crippen LogP contribution in [-0.4, -0.2) is 35.4 Å². The topological polar surface area (TPSA) is 72.8 Å². The molecule has 5 nitrogen and oxygen atoms in total. The maximum Gasteiger partial charge on any atom is 0.306 e. The molecule has 0 amide bonds. The van der Waals surface area contributed by atoms with E-state index in [-0.39, 0.29) is 30.3 Å². The molecule has 0 aliphatic carbocycles. The summed E-state index contributed by atoms with van der Waals surface area (Å²) < 4.78 is 11.8. The number of carbonyl (C=O) groups excluding carboxylic acids is 2. The average molecular weight is 625 g/mol. The summed E-state index contributed by atoms with van der Waals surface area (Å²) in [6.45, 7) is 8.90. The van der Waals surface area contributed by atoms with E-state index in [0.717, 1.165) is 103 Å². The second kappa shape index (κ2) is 33.3. The summed E-state index contributed by atoms with van der Waals surface area (Å²) in [4.78, 5) is 24.9. The zero-order valence-corrected chi connectivity index (χ0v) is 30.0. The predicted molar refractivity (Wildman–Crippen MR) is 187 cm³/mol. The first-order valence-electron chi connectivity index (χ1n) is 19.5. The van der Waals surface area contributed by atoms with Crippen LogP contribution in [0.1, 0.15) is 220 Å². The Morgan fingerprint density at radius 3 is 0.977 bits per heavy atom. The molecule has 0 radical (unpaired) electrons. The highest BCUT2D eigenvalue weighted by Gasteiger charge is 2.16. The smallest absolute Gasteiger partial charge is 0.306 e. The van der Waals surface area contributed by atoms with Gasteiger partial charge in [0.2, 0.25) is 0 Å². The van der Waals surface area contributed by atoms with Crippen molar-refractivity contribution in [3.05, 3.63) is 0 Å². The molecule has 0 bridgehead atoms. The predicted octanol–water partition coefficient (Wildman–Crippen LogP) is 12.0. The Kier molecular flexibility index (Phi) is 32.4. The van der Waals surface area contributed by atoms with E-state index in [2.05, 4.69) is 27.7 Å². The zero-order valence-electron chi connectivity index (χ0n) is 30.0. The van der Waals surface area contributed by atoms with E-state index in [0.29, 0.717) is 12.8 Å². The molecule has 1 N–H and O–H groups in total. The van der Waals surface area contributed by atoms with Crippen LogP contribution in [0.4, 0.5) is 0 Å². The van der Waals surface area contributed by atoms with Gasteiger partial charge in [0.1, 0.15) is 12.2 Å². The summed E-state index contributed by atoms with van der Waals surface area (Å²) in [5, 5.41) is 10.4. The molecule has 0 spiro atoms. The van der Waals surface area contributed by atoms with Crippen LogP contribution in [0.25, 0.3) is 0 Å². The first-order valence-corrected chi connectivity index (χ1v) is 19.5. The van der Waals surface area contributed by atoms with Crippen molar-refractivity contribution in [3.63, 3.8) is 0 Å². The summed E-state index contributed by atoms with van der Waals surface area (Å²) in [5.41, 5.74) is 0. The largest absolute Gasteiger partial charge is 0.462 e. The molecule has 0 saturated heterocycles. The minimum absolute atomic E-state index is 0.0423. The van der Waals surface area contributed by atoms with Crippen LogP contribution < -0.4 is 0 Å². The van der Waals surface area contributed by atoms with Crippen molar-refractivity contribution in [2.75, 3.05) is 0 Å². The highest BCUT2D eigenvalue weighted by molar-refractivity contribution is 5.69. The minimum Gasteiger partial charge on any atom is -0.462 e. The Hall–Kier alpha value is -1.10. The second-order valence-electron chi connectivity index (χ2n) is 13.5. The summed E-state index contributed by atoms with van der Waals surface area (Å²) in [7, 11) is 0. The van der Waals surface area contributed by atoms with Crippen LogP contribution >= 0.6 is 0 Å². The zero-order chi connectivity index (χ0) is 32.5. The highest BCUT2D eigenvalue weighted by atomic mass is 16.5. The lowest BCUT2D eigenvalue weighted by molar-refractivity contribution is -0.151. The minimum atomic E-state index is -0.292. The normalized spacial score (nSPS) is 11.6. The molecule has 0 aromatic carbocycles. The molecule has 0 saturated carbocycles. The van der Waals surface area contributed by atoms with Gasteiger partial charge >= 0.3 is 11.9 Å². The Morgan fingerprint density at radius 2 is 0.682 bits per heavy atom. The second-order valence-corrected chi connectivity index (χ2v) is 13.5. The van der Waals surface area contributed by atoms with Crippen molar-refractivity contribution in [1.29, 1.82) is 0 Å². The van der Waals surface area contributed by atoms with E-state index in [4.69, 9.17) is 9.47 Å². The van der Waals surface area contributed by atoms with E-state index < -0.39 is 0 Å². The number of rotatable bonds is 34. The van der Waals surface area contributed by atoms with Crippen molar-refractivity contribution < 1.29 is 24.2 Å². The van der Waals surface area contributed by atoms with Gasteiger partial charge in [0.25, 0.3) is 0 Å². The molecule has 5 heteroatoms. The lowest BCUT2D eigenvalue weighted by atomic mass is 10.0. The molecule has 0 fully saturated rings. The maximum atomic E-state index is 12.5. The fourth-order valence-electron chi connectivity index (χ4n) is 6.01. The van der Waals surface area contributed by atoms with Gasteiger partial charge in [0.15, 0.2) is 0 Å². The van der Waals surface area contributed by atoms with Crippen molar-refractivity contribution in [1.82, 2.24) is 0 Å². The highest BCUT2D eigenvalue weighted by Crippen LogP contribution is 2.19. The van der Waals surface area contributed by atoms with Crippen LogP contribution in [0.5, 0.6) is 0 Å². The number of hydrogen-bond acceptors (Lipinski definition) is 5. The molecular formula is C39H76O5. The first kappa shape index (κ1) is 42.9. The number of carbonyl (C=O) groups is 2. The monoisotopic (exact) mass is 625 g/mol. The van der Waals surface area contributed by atoms with Crippen molar-refractivity contribution in [2.24, 2.45) is 0 Å². The lowest BCUT2D eigenvalue weighted by Gasteiger charge is -2.18. The van der Waals surface area contributed by atoms with Gasteiger partial charge in [-0.2, -0.15) is 0 Å². The van der Waals surface area contributed by atoms with Gasteiger partial charge in [-0.3, -0.25) is 9.59 Å². The quantitative estimate of drug-likeness (QED) is 0.0569. The first-order chi connectivity index (χ1) is 21.5. The summed E-state index contributed by atoms with van der Waals surface area (Å²) >= 11 is 0. The van der Waals surface area contributed by atoms with Gasteiger partial charge < -0.3 is 14.6 Å². The van der Waals surface area contributed by atoms with E-state index >= 15 is 0 Å². The Morgan fingerprint density at radius 1 is 0.409 bits per heavy atom. The average Bonchev–Trinajstić information content (AvgIpc) is 3.01. The van der Waals surface area contributed by atoms with Crippen LogP contribution in [0.2, 0.25) is 0 Å². The Bertz CT molecular complexity index is 546. The molecule has 0 rings (SSSR count). The van der Waals surface area contributed by atoms with E-state index in [1.807, 2.05) is 0 Å². The van der Waals surface area contributed by atoms with Crippen LogP contribution in [0, 0.1) is 0 Å². The number of aliphatic hydroxyl groups is 1. The molecule has 0 atom stereocenters.